The van der Waals surface area contributed by atoms with Crippen LogP contribution in [0.3, 0.4) is 0 Å². The second-order valence-electron chi connectivity index (χ2n) is 5.10. The van der Waals surface area contributed by atoms with E-state index in [1.807, 2.05) is 13.0 Å². The Morgan fingerprint density at radius 2 is 2.15 bits per heavy atom. The van der Waals surface area contributed by atoms with E-state index in [1.165, 1.54) is 24.7 Å². The van der Waals surface area contributed by atoms with Crippen LogP contribution in [0.2, 0.25) is 0 Å². The number of hydrogen-bond acceptors (Lipinski definition) is 6. The number of pyridine rings is 1. The molecule has 0 radical (unpaired) electrons. The van der Waals surface area contributed by atoms with Crippen LogP contribution in [0.1, 0.15) is 12.6 Å². The maximum atomic E-state index is 12.3. The molecule has 0 spiro atoms. The molecular weight excluding hydrogens is 334 g/mol. The van der Waals surface area contributed by atoms with Crippen LogP contribution in [-0.2, 0) is 0 Å². The van der Waals surface area contributed by atoms with Gasteiger partial charge in [-0.1, -0.05) is 0 Å². The zero-order chi connectivity index (χ0) is 18.4. The second kappa shape index (κ2) is 7.81. The highest BCUT2D eigenvalue weighted by atomic mass is 16.5. The van der Waals surface area contributed by atoms with Crippen molar-refractivity contribution in [3.05, 3.63) is 54.7 Å². The highest BCUT2D eigenvalue weighted by Crippen LogP contribution is 2.31. The largest absolute Gasteiger partial charge is 0.494 e. The van der Waals surface area contributed by atoms with Gasteiger partial charge in [-0.3, -0.25) is 0 Å². The molecule has 0 aliphatic rings. The Labute approximate surface area is 149 Å². The van der Waals surface area contributed by atoms with Crippen molar-refractivity contribution in [3.8, 4) is 23.3 Å². The van der Waals surface area contributed by atoms with Crippen molar-refractivity contribution >= 4 is 17.4 Å². The van der Waals surface area contributed by atoms with Crippen LogP contribution >= 0.6 is 0 Å². The Kier molecular flexibility index (Phi) is 5.10. The van der Waals surface area contributed by atoms with E-state index in [1.54, 1.807) is 24.3 Å². The van der Waals surface area contributed by atoms with Crippen LogP contribution in [0, 0.1) is 11.3 Å². The highest BCUT2D eigenvalue weighted by Gasteiger charge is 2.14. The van der Waals surface area contributed by atoms with Crippen LogP contribution in [0.4, 0.5) is 16.2 Å². The van der Waals surface area contributed by atoms with E-state index in [2.05, 4.69) is 20.6 Å². The summed E-state index contributed by atoms with van der Waals surface area (Å²) in [7, 11) is 0. The monoisotopic (exact) mass is 349 g/mol. The maximum Gasteiger partial charge on any atom is 0.323 e. The van der Waals surface area contributed by atoms with Crippen LogP contribution in [-0.4, -0.2) is 22.6 Å². The van der Waals surface area contributed by atoms with Crippen LogP contribution in [0.5, 0.6) is 5.75 Å². The molecule has 130 valence electrons. The van der Waals surface area contributed by atoms with E-state index in [9.17, 15) is 4.79 Å². The first-order valence-electron chi connectivity index (χ1n) is 7.80. The second-order valence-corrected chi connectivity index (χ2v) is 5.10. The zero-order valence-corrected chi connectivity index (χ0v) is 13.9. The van der Waals surface area contributed by atoms with Gasteiger partial charge in [-0.15, -0.1) is 0 Å². The average Bonchev–Trinajstić information content (AvgIpc) is 3.18. The first kappa shape index (κ1) is 17.0. The topological polar surface area (TPSA) is 113 Å². The Bertz CT molecular complexity index is 930. The smallest absolute Gasteiger partial charge is 0.323 e. The van der Waals surface area contributed by atoms with Gasteiger partial charge in [-0.2, -0.15) is 5.26 Å². The van der Waals surface area contributed by atoms with Crippen molar-refractivity contribution in [1.82, 2.24) is 9.97 Å². The number of oxazole rings is 1. The number of hydrogen-bond donors (Lipinski definition) is 2. The molecule has 0 aliphatic carbocycles. The summed E-state index contributed by atoms with van der Waals surface area (Å²) in [5, 5.41) is 14.1. The van der Waals surface area contributed by atoms with E-state index < -0.39 is 6.03 Å². The van der Waals surface area contributed by atoms with Gasteiger partial charge in [-0.25, -0.2) is 14.8 Å². The summed E-state index contributed by atoms with van der Waals surface area (Å²) in [4.78, 5) is 20.3. The Hall–Kier alpha value is -3.86. The van der Waals surface area contributed by atoms with Gasteiger partial charge in [0.1, 0.15) is 23.8 Å². The molecule has 8 nitrogen and oxygen atoms in total. The Balaban J connectivity index is 1.79. The van der Waals surface area contributed by atoms with Crippen molar-refractivity contribution in [1.29, 1.82) is 5.26 Å². The molecule has 2 aromatic heterocycles. The molecule has 0 atom stereocenters. The molecule has 0 unspecified atom stereocenters. The van der Waals surface area contributed by atoms with Crippen molar-refractivity contribution in [2.75, 3.05) is 17.2 Å². The number of urea groups is 1. The third-order valence-electron chi connectivity index (χ3n) is 3.35. The van der Waals surface area contributed by atoms with Crippen molar-refractivity contribution in [2.24, 2.45) is 0 Å². The molecule has 0 saturated carbocycles. The van der Waals surface area contributed by atoms with Crippen LogP contribution in [0.25, 0.3) is 11.5 Å². The maximum absolute atomic E-state index is 12.3. The quantitative estimate of drug-likeness (QED) is 0.727. The first-order valence-corrected chi connectivity index (χ1v) is 7.80. The summed E-state index contributed by atoms with van der Waals surface area (Å²) in [5.41, 5.74) is 1.84. The molecule has 0 saturated heterocycles. The lowest BCUT2D eigenvalue weighted by atomic mass is 10.1. The summed E-state index contributed by atoms with van der Waals surface area (Å²) < 4.78 is 10.8. The number of nitriles is 1. The van der Waals surface area contributed by atoms with Crippen molar-refractivity contribution in [3.63, 3.8) is 0 Å². The van der Waals surface area contributed by atoms with Crippen molar-refractivity contribution in [2.45, 2.75) is 6.92 Å². The number of amides is 2. The van der Waals surface area contributed by atoms with Crippen LogP contribution < -0.4 is 15.4 Å². The molecule has 3 rings (SSSR count). The minimum atomic E-state index is -0.464. The number of ether oxygens (including phenoxy) is 1. The van der Waals surface area contributed by atoms with Gasteiger partial charge < -0.3 is 19.8 Å². The molecular formula is C18H15N5O3. The first-order chi connectivity index (χ1) is 12.7. The number of aromatic nitrogens is 2. The molecule has 8 heteroatoms. The number of carbonyl (C=O) groups excluding carboxylic acids is 1. The van der Waals surface area contributed by atoms with Gasteiger partial charge in [0.25, 0.3) is 0 Å². The lowest BCUT2D eigenvalue weighted by Crippen LogP contribution is -2.20. The van der Waals surface area contributed by atoms with Gasteiger partial charge in [0.05, 0.1) is 35.9 Å². The highest BCUT2D eigenvalue weighted by molar-refractivity contribution is 6.02. The fourth-order valence-corrected chi connectivity index (χ4v) is 2.24. The average molecular weight is 349 g/mol. The predicted octanol–water partition coefficient (Wildman–Crippen LogP) is 3.65. The summed E-state index contributed by atoms with van der Waals surface area (Å²) in [6, 6.07) is 9.77. The number of anilines is 2. The molecule has 0 aliphatic heterocycles. The van der Waals surface area contributed by atoms with Crippen molar-refractivity contribution < 1.29 is 13.9 Å². The Morgan fingerprint density at radius 1 is 1.27 bits per heavy atom. The molecule has 3 aromatic rings. The normalized spacial score (nSPS) is 10.0. The van der Waals surface area contributed by atoms with Gasteiger partial charge in [0.2, 0.25) is 5.89 Å². The van der Waals surface area contributed by atoms with E-state index in [0.29, 0.717) is 35.2 Å². The lowest BCUT2D eigenvalue weighted by Gasteiger charge is -2.12. The molecule has 0 fully saturated rings. The summed E-state index contributed by atoms with van der Waals surface area (Å²) >= 11 is 0. The summed E-state index contributed by atoms with van der Waals surface area (Å²) in [6.07, 6.45) is 4.38. The Morgan fingerprint density at radius 3 is 2.81 bits per heavy atom. The molecule has 2 amide bonds. The minimum absolute atomic E-state index is 0.272. The fourth-order valence-electron chi connectivity index (χ4n) is 2.24. The number of rotatable bonds is 5. The molecule has 26 heavy (non-hydrogen) atoms. The van der Waals surface area contributed by atoms with Gasteiger partial charge in [0, 0.05) is 0 Å². The number of nitrogens with zero attached hydrogens (tertiary/aromatic N) is 3. The molecule has 1 aromatic carbocycles. The van der Waals surface area contributed by atoms with E-state index in [0.717, 1.165) is 0 Å². The standard InChI is InChI=1S/C18H15N5O3/c1-2-25-14-5-6-16(15(9-14)17-20-7-8-26-17)23-18(24)22-13-4-3-12(10-19)21-11-13/h3-9,11H,2H2,1H3,(H2,22,23,24). The van der Waals surface area contributed by atoms with Gasteiger partial charge >= 0.3 is 6.03 Å². The van der Waals surface area contributed by atoms with Gasteiger partial charge in [-0.05, 0) is 37.3 Å². The number of nitrogens with one attached hydrogen (secondary N) is 2. The zero-order valence-electron chi connectivity index (χ0n) is 13.9. The fraction of sp³-hybridized carbons (Fsp3) is 0.111. The third-order valence-corrected chi connectivity index (χ3v) is 3.35. The summed E-state index contributed by atoms with van der Waals surface area (Å²) in [5.74, 6) is 1.00. The molecule has 2 heterocycles. The van der Waals surface area contributed by atoms with Crippen LogP contribution in [0.15, 0.2) is 53.4 Å². The van der Waals surface area contributed by atoms with Gasteiger partial charge in [0.15, 0.2) is 0 Å². The number of benzene rings is 1. The number of carbonyl (C=O) groups is 1. The summed E-state index contributed by atoms with van der Waals surface area (Å²) in [6.45, 7) is 2.40. The molecule has 0 bridgehead atoms. The third kappa shape index (κ3) is 3.96. The SMILES string of the molecule is CCOc1ccc(NC(=O)Nc2ccc(C#N)nc2)c(-c2ncco2)c1. The van der Waals surface area contributed by atoms with E-state index in [-0.39, 0.29) is 5.69 Å². The lowest BCUT2D eigenvalue weighted by molar-refractivity contribution is 0.262. The minimum Gasteiger partial charge on any atom is -0.494 e. The molecule has 2 N–H and O–H groups in total. The van der Waals surface area contributed by atoms with E-state index in [4.69, 9.17) is 14.4 Å². The predicted molar refractivity (Wildman–Crippen MR) is 94.7 cm³/mol. The van der Waals surface area contributed by atoms with E-state index >= 15 is 0 Å².